The van der Waals surface area contributed by atoms with Gasteiger partial charge in [0.05, 0.1) is 25.4 Å². The molecular weight excluding hydrogens is 224 g/mol. The molecule has 0 aromatic heterocycles. The van der Waals surface area contributed by atoms with E-state index in [1.54, 1.807) is 0 Å². The topological polar surface area (TPSA) is 18.5 Å². The van der Waals surface area contributed by atoms with Gasteiger partial charge in [-0.25, -0.2) is 0 Å². The van der Waals surface area contributed by atoms with Gasteiger partial charge in [-0.2, -0.15) is 0 Å². The first-order valence-corrected chi connectivity index (χ1v) is 8.08. The van der Waals surface area contributed by atoms with Crippen LogP contribution in [-0.2, 0) is 9.47 Å². The molecule has 0 bridgehead atoms. The van der Waals surface area contributed by atoms with Gasteiger partial charge in [-0.3, -0.25) is 0 Å². The minimum atomic E-state index is 0.361. The molecule has 2 aliphatic rings. The molecule has 2 fully saturated rings. The van der Waals surface area contributed by atoms with Crippen molar-refractivity contribution >= 4 is 0 Å². The summed E-state index contributed by atoms with van der Waals surface area (Å²) in [6.45, 7) is 6.19. The summed E-state index contributed by atoms with van der Waals surface area (Å²) in [4.78, 5) is 0. The van der Waals surface area contributed by atoms with Crippen LogP contribution in [0.5, 0.6) is 0 Å². The fourth-order valence-corrected chi connectivity index (χ4v) is 3.75. The summed E-state index contributed by atoms with van der Waals surface area (Å²) >= 11 is 0. The van der Waals surface area contributed by atoms with E-state index in [4.69, 9.17) is 9.47 Å². The summed E-state index contributed by atoms with van der Waals surface area (Å²) in [5.74, 6) is 1.65. The zero-order chi connectivity index (χ0) is 12.8. The van der Waals surface area contributed by atoms with Crippen molar-refractivity contribution in [1.82, 2.24) is 0 Å². The van der Waals surface area contributed by atoms with Gasteiger partial charge >= 0.3 is 0 Å². The molecule has 2 nitrogen and oxygen atoms in total. The van der Waals surface area contributed by atoms with Crippen molar-refractivity contribution < 1.29 is 9.47 Å². The van der Waals surface area contributed by atoms with Gasteiger partial charge in [0.15, 0.2) is 0 Å². The van der Waals surface area contributed by atoms with E-state index in [1.807, 2.05) is 0 Å². The molecule has 1 aliphatic heterocycles. The van der Waals surface area contributed by atoms with Crippen LogP contribution in [0.4, 0.5) is 0 Å². The molecule has 1 heterocycles. The Morgan fingerprint density at radius 2 is 1.67 bits per heavy atom. The van der Waals surface area contributed by atoms with Crippen LogP contribution < -0.4 is 0 Å². The van der Waals surface area contributed by atoms with Crippen molar-refractivity contribution in [2.45, 2.75) is 77.4 Å². The monoisotopic (exact) mass is 254 g/mol. The third kappa shape index (κ3) is 3.71. The Bertz CT molecular complexity index is 219. The van der Waals surface area contributed by atoms with Crippen LogP contribution in [0.2, 0.25) is 0 Å². The molecule has 0 aromatic rings. The van der Waals surface area contributed by atoms with Gasteiger partial charge in [0, 0.05) is 0 Å². The molecule has 1 saturated heterocycles. The summed E-state index contributed by atoms with van der Waals surface area (Å²) in [5.41, 5.74) is 0. The Morgan fingerprint density at radius 3 is 2.33 bits per heavy atom. The highest BCUT2D eigenvalue weighted by atomic mass is 16.6. The quantitative estimate of drug-likeness (QED) is 0.733. The maximum absolute atomic E-state index is 6.13. The normalized spacial score (nSPS) is 37.7. The fraction of sp³-hybridized carbons (Fsp3) is 1.00. The predicted octanol–water partition coefficient (Wildman–Crippen LogP) is 4.18. The lowest BCUT2D eigenvalue weighted by Crippen LogP contribution is -2.43. The molecular formula is C16H30O2. The van der Waals surface area contributed by atoms with Crippen LogP contribution >= 0.6 is 0 Å². The molecule has 0 amide bonds. The lowest BCUT2D eigenvalue weighted by molar-refractivity contribution is -0.163. The van der Waals surface area contributed by atoms with E-state index in [9.17, 15) is 0 Å². The first kappa shape index (κ1) is 14.3. The number of hydrogen-bond acceptors (Lipinski definition) is 2. The Hall–Kier alpha value is -0.0800. The van der Waals surface area contributed by atoms with Gasteiger partial charge in [0.2, 0.25) is 0 Å². The van der Waals surface area contributed by atoms with E-state index in [-0.39, 0.29) is 0 Å². The van der Waals surface area contributed by atoms with Gasteiger partial charge in [-0.05, 0) is 24.7 Å². The predicted molar refractivity (Wildman–Crippen MR) is 74.7 cm³/mol. The minimum Gasteiger partial charge on any atom is -0.373 e. The van der Waals surface area contributed by atoms with Crippen molar-refractivity contribution in [1.29, 1.82) is 0 Å². The number of ether oxygens (including phenoxy) is 2. The van der Waals surface area contributed by atoms with E-state index in [2.05, 4.69) is 13.8 Å². The Balaban J connectivity index is 1.82. The molecule has 1 aliphatic carbocycles. The van der Waals surface area contributed by atoms with Crippen LogP contribution in [0.15, 0.2) is 0 Å². The molecule has 0 N–H and O–H groups in total. The van der Waals surface area contributed by atoms with Crippen LogP contribution in [0.3, 0.4) is 0 Å². The van der Waals surface area contributed by atoms with Crippen molar-refractivity contribution in [3.63, 3.8) is 0 Å². The molecule has 2 heteroatoms. The zero-order valence-electron chi connectivity index (χ0n) is 12.2. The van der Waals surface area contributed by atoms with E-state index >= 15 is 0 Å². The first-order chi connectivity index (χ1) is 8.85. The van der Waals surface area contributed by atoms with Crippen LogP contribution in [-0.4, -0.2) is 25.4 Å². The Morgan fingerprint density at radius 1 is 0.889 bits per heavy atom. The Labute approximate surface area is 112 Å². The molecule has 0 spiro atoms. The van der Waals surface area contributed by atoms with Gasteiger partial charge in [-0.1, -0.05) is 52.4 Å². The smallest absolute Gasteiger partial charge is 0.0840 e. The van der Waals surface area contributed by atoms with Gasteiger partial charge in [0.25, 0.3) is 0 Å². The number of rotatable bonds is 5. The Kier molecular flexibility index (Phi) is 5.97. The van der Waals surface area contributed by atoms with E-state index in [1.165, 1.54) is 44.9 Å². The molecule has 0 aromatic carbocycles. The first-order valence-electron chi connectivity index (χ1n) is 8.08. The molecule has 4 atom stereocenters. The summed E-state index contributed by atoms with van der Waals surface area (Å²) in [5, 5.41) is 0. The van der Waals surface area contributed by atoms with Gasteiger partial charge in [-0.15, -0.1) is 0 Å². The minimum absolute atomic E-state index is 0.361. The standard InChI is InChI=1S/C16H30O2/c1-3-7-13-9-5-6-10-15(13)16-12-17-14(8-4-2)11-18-16/h13-16H,3-12H2,1-2H3. The average Bonchev–Trinajstić information content (AvgIpc) is 2.41. The second kappa shape index (κ2) is 7.49. The third-order valence-corrected chi connectivity index (χ3v) is 4.71. The lowest BCUT2D eigenvalue weighted by Gasteiger charge is -2.40. The van der Waals surface area contributed by atoms with Gasteiger partial charge < -0.3 is 9.47 Å². The van der Waals surface area contributed by atoms with Crippen molar-refractivity contribution in [3.8, 4) is 0 Å². The number of hydrogen-bond donors (Lipinski definition) is 0. The summed E-state index contributed by atoms with van der Waals surface area (Å²) in [7, 11) is 0. The molecule has 0 radical (unpaired) electrons. The highest BCUT2D eigenvalue weighted by Gasteiger charge is 2.34. The van der Waals surface area contributed by atoms with E-state index < -0.39 is 0 Å². The third-order valence-electron chi connectivity index (χ3n) is 4.71. The van der Waals surface area contributed by atoms with E-state index in [0.29, 0.717) is 12.2 Å². The average molecular weight is 254 g/mol. The van der Waals surface area contributed by atoms with Crippen molar-refractivity contribution in [2.24, 2.45) is 11.8 Å². The van der Waals surface area contributed by atoms with E-state index in [0.717, 1.165) is 31.5 Å². The van der Waals surface area contributed by atoms with Crippen LogP contribution in [0, 0.1) is 11.8 Å². The fourth-order valence-electron chi connectivity index (χ4n) is 3.75. The summed E-state index contributed by atoms with van der Waals surface area (Å²) < 4.78 is 12.1. The second-order valence-electron chi connectivity index (χ2n) is 6.11. The summed E-state index contributed by atoms with van der Waals surface area (Å²) in [6.07, 6.45) is 11.4. The van der Waals surface area contributed by atoms with Crippen LogP contribution in [0.25, 0.3) is 0 Å². The van der Waals surface area contributed by atoms with Crippen molar-refractivity contribution in [3.05, 3.63) is 0 Å². The maximum Gasteiger partial charge on any atom is 0.0840 e. The van der Waals surface area contributed by atoms with Crippen molar-refractivity contribution in [2.75, 3.05) is 13.2 Å². The summed E-state index contributed by atoms with van der Waals surface area (Å²) in [6, 6.07) is 0. The zero-order valence-corrected chi connectivity index (χ0v) is 12.2. The maximum atomic E-state index is 6.13. The second-order valence-corrected chi connectivity index (χ2v) is 6.11. The molecule has 106 valence electrons. The highest BCUT2D eigenvalue weighted by Crippen LogP contribution is 2.37. The largest absolute Gasteiger partial charge is 0.373 e. The molecule has 4 unspecified atom stereocenters. The lowest BCUT2D eigenvalue weighted by atomic mass is 9.74. The SMILES string of the molecule is CCCC1COC(C2CCCCC2CCC)CO1. The van der Waals surface area contributed by atoms with Gasteiger partial charge in [0.1, 0.15) is 0 Å². The van der Waals surface area contributed by atoms with Crippen LogP contribution in [0.1, 0.15) is 65.2 Å². The molecule has 18 heavy (non-hydrogen) atoms. The molecule has 2 rings (SSSR count). The molecule has 1 saturated carbocycles. The highest BCUT2D eigenvalue weighted by molar-refractivity contribution is 4.83.